The molecule has 26 heavy (non-hydrogen) atoms. The maximum Gasteiger partial charge on any atom is 0.248 e. The monoisotopic (exact) mass is 361 g/mol. The number of primary amides is 1. The van der Waals surface area contributed by atoms with E-state index in [0.29, 0.717) is 17.8 Å². The fourth-order valence-corrected chi connectivity index (χ4v) is 2.49. The van der Waals surface area contributed by atoms with E-state index in [9.17, 15) is 18.4 Å². The van der Waals surface area contributed by atoms with Crippen LogP contribution in [0.3, 0.4) is 0 Å². The molecule has 0 saturated heterocycles. The number of anilines is 1. The highest BCUT2D eigenvalue weighted by molar-refractivity contribution is 5.94. The number of carbonyl (C=O) groups is 2. The normalized spacial score (nSPS) is 12.0. The molecule has 0 aliphatic rings. The van der Waals surface area contributed by atoms with Gasteiger partial charge in [0.2, 0.25) is 11.8 Å². The van der Waals surface area contributed by atoms with Crippen LogP contribution in [0.15, 0.2) is 42.5 Å². The van der Waals surface area contributed by atoms with Crippen molar-refractivity contribution in [3.05, 3.63) is 65.2 Å². The Labute approximate surface area is 150 Å². The summed E-state index contributed by atoms with van der Waals surface area (Å²) in [6.07, 6.45) is 0.176. The first-order chi connectivity index (χ1) is 12.3. The predicted molar refractivity (Wildman–Crippen MR) is 95.6 cm³/mol. The van der Waals surface area contributed by atoms with Gasteiger partial charge in [-0.2, -0.15) is 0 Å². The Balaban J connectivity index is 1.89. The van der Waals surface area contributed by atoms with Crippen molar-refractivity contribution >= 4 is 17.5 Å². The quantitative estimate of drug-likeness (QED) is 0.796. The third kappa shape index (κ3) is 5.10. The number of nitrogens with zero attached hydrogens (tertiary/aromatic N) is 1. The van der Waals surface area contributed by atoms with Gasteiger partial charge in [0.1, 0.15) is 11.6 Å². The van der Waals surface area contributed by atoms with Gasteiger partial charge < -0.3 is 11.1 Å². The lowest BCUT2D eigenvalue weighted by molar-refractivity contribution is -0.116. The second kappa shape index (κ2) is 8.53. The van der Waals surface area contributed by atoms with Crippen LogP contribution < -0.4 is 11.1 Å². The van der Waals surface area contributed by atoms with Crippen molar-refractivity contribution in [2.45, 2.75) is 19.4 Å². The zero-order valence-electron chi connectivity index (χ0n) is 14.6. The highest BCUT2D eigenvalue weighted by atomic mass is 19.1. The van der Waals surface area contributed by atoms with Crippen LogP contribution >= 0.6 is 0 Å². The zero-order valence-corrected chi connectivity index (χ0v) is 14.6. The third-order valence-corrected chi connectivity index (χ3v) is 4.21. The Hall–Kier alpha value is -2.80. The van der Waals surface area contributed by atoms with E-state index in [1.807, 2.05) is 0 Å². The summed E-state index contributed by atoms with van der Waals surface area (Å²) in [5, 5.41) is 2.71. The molecule has 1 atom stereocenters. The van der Waals surface area contributed by atoms with E-state index in [4.69, 9.17) is 5.73 Å². The molecule has 0 aromatic heterocycles. The number of nitrogens with one attached hydrogen (secondary N) is 1. The second-order valence-corrected chi connectivity index (χ2v) is 6.06. The van der Waals surface area contributed by atoms with E-state index in [1.165, 1.54) is 12.1 Å². The number of benzene rings is 2. The summed E-state index contributed by atoms with van der Waals surface area (Å²) in [4.78, 5) is 24.8. The topological polar surface area (TPSA) is 75.4 Å². The van der Waals surface area contributed by atoms with Gasteiger partial charge in [-0.1, -0.05) is 0 Å². The Bertz CT molecular complexity index is 794. The van der Waals surface area contributed by atoms with Crippen molar-refractivity contribution in [2.24, 2.45) is 5.73 Å². The summed E-state index contributed by atoms with van der Waals surface area (Å²) in [6.45, 7) is 2.11. The maximum atomic E-state index is 13.9. The van der Waals surface area contributed by atoms with Crippen LogP contribution in [0, 0.1) is 11.6 Å². The van der Waals surface area contributed by atoms with E-state index < -0.39 is 17.5 Å². The molecule has 7 heteroatoms. The molecule has 0 fully saturated rings. The molecule has 0 spiro atoms. The molecule has 2 aromatic rings. The largest absolute Gasteiger partial charge is 0.366 e. The first-order valence-electron chi connectivity index (χ1n) is 8.13. The van der Waals surface area contributed by atoms with Crippen molar-refractivity contribution in [1.82, 2.24) is 4.90 Å². The third-order valence-electron chi connectivity index (χ3n) is 4.21. The van der Waals surface area contributed by atoms with Gasteiger partial charge in [0.15, 0.2) is 0 Å². The van der Waals surface area contributed by atoms with Gasteiger partial charge in [0.25, 0.3) is 0 Å². The molecule has 2 amide bonds. The number of nitrogens with two attached hydrogens (primary N) is 1. The van der Waals surface area contributed by atoms with Crippen LogP contribution in [0.5, 0.6) is 0 Å². The minimum Gasteiger partial charge on any atom is -0.366 e. The molecule has 5 nitrogen and oxygen atoms in total. The number of halogens is 2. The van der Waals surface area contributed by atoms with Gasteiger partial charge in [0.05, 0.1) is 0 Å². The van der Waals surface area contributed by atoms with E-state index in [0.717, 1.165) is 18.2 Å². The average molecular weight is 361 g/mol. The Morgan fingerprint density at radius 1 is 1.15 bits per heavy atom. The standard InChI is InChI=1S/C19H21F2N3O2/c1-12(16-11-14(20)5-8-17(16)21)24(2)10-9-18(25)23-15-6-3-13(4-7-15)19(22)26/h3-8,11-12H,9-10H2,1-2H3,(H2,22,26)(H,23,25). The number of carbonyl (C=O) groups excluding carboxylic acids is 2. The molecule has 0 heterocycles. The summed E-state index contributed by atoms with van der Waals surface area (Å²) in [7, 11) is 1.74. The lowest BCUT2D eigenvalue weighted by Crippen LogP contribution is -2.27. The van der Waals surface area contributed by atoms with Crippen LogP contribution in [-0.2, 0) is 4.79 Å². The number of hydrogen-bond acceptors (Lipinski definition) is 3. The molecule has 2 aromatic carbocycles. The van der Waals surface area contributed by atoms with Crippen molar-refractivity contribution < 1.29 is 18.4 Å². The summed E-state index contributed by atoms with van der Waals surface area (Å²) < 4.78 is 27.2. The number of hydrogen-bond donors (Lipinski definition) is 2. The molecule has 0 saturated carbocycles. The highest BCUT2D eigenvalue weighted by Crippen LogP contribution is 2.23. The number of rotatable bonds is 7. The van der Waals surface area contributed by atoms with Crippen LogP contribution in [0.2, 0.25) is 0 Å². The van der Waals surface area contributed by atoms with Gasteiger partial charge in [-0.25, -0.2) is 8.78 Å². The Morgan fingerprint density at radius 2 is 1.81 bits per heavy atom. The van der Waals surface area contributed by atoms with Crippen LogP contribution in [0.4, 0.5) is 14.5 Å². The second-order valence-electron chi connectivity index (χ2n) is 6.06. The molecule has 0 radical (unpaired) electrons. The summed E-state index contributed by atoms with van der Waals surface area (Å²) in [6, 6.07) is 9.18. The van der Waals surface area contributed by atoms with E-state index >= 15 is 0 Å². The predicted octanol–water partition coefficient (Wildman–Crippen LogP) is 3.09. The molecule has 3 N–H and O–H groups in total. The van der Waals surface area contributed by atoms with Gasteiger partial charge in [-0.15, -0.1) is 0 Å². The lowest BCUT2D eigenvalue weighted by Gasteiger charge is -2.25. The fourth-order valence-electron chi connectivity index (χ4n) is 2.49. The minimum atomic E-state index is -0.539. The Morgan fingerprint density at radius 3 is 2.42 bits per heavy atom. The molecule has 1 unspecified atom stereocenters. The van der Waals surface area contributed by atoms with E-state index in [2.05, 4.69) is 5.32 Å². The molecule has 0 aliphatic heterocycles. The van der Waals surface area contributed by atoms with Crippen molar-refractivity contribution in [3.63, 3.8) is 0 Å². The average Bonchev–Trinajstić information content (AvgIpc) is 2.61. The van der Waals surface area contributed by atoms with Gasteiger partial charge in [-0.05, 0) is 56.4 Å². The highest BCUT2D eigenvalue weighted by Gasteiger charge is 2.17. The summed E-state index contributed by atoms with van der Waals surface area (Å²) in [5.41, 5.74) is 6.31. The van der Waals surface area contributed by atoms with Gasteiger partial charge in [0, 0.05) is 35.8 Å². The van der Waals surface area contributed by atoms with Crippen LogP contribution in [0.1, 0.15) is 35.3 Å². The van der Waals surface area contributed by atoms with E-state index in [1.54, 1.807) is 31.0 Å². The zero-order chi connectivity index (χ0) is 19.3. The Kier molecular flexibility index (Phi) is 6.41. The minimum absolute atomic E-state index is 0.176. The van der Waals surface area contributed by atoms with Crippen LogP contribution in [0.25, 0.3) is 0 Å². The van der Waals surface area contributed by atoms with Crippen LogP contribution in [-0.4, -0.2) is 30.3 Å². The van der Waals surface area contributed by atoms with Crippen molar-refractivity contribution in [2.75, 3.05) is 18.9 Å². The molecular formula is C19H21F2N3O2. The lowest BCUT2D eigenvalue weighted by atomic mass is 10.1. The number of amides is 2. The van der Waals surface area contributed by atoms with E-state index in [-0.39, 0.29) is 23.9 Å². The van der Waals surface area contributed by atoms with Crippen molar-refractivity contribution in [3.8, 4) is 0 Å². The molecule has 0 aliphatic carbocycles. The van der Waals surface area contributed by atoms with Gasteiger partial charge in [-0.3, -0.25) is 14.5 Å². The summed E-state index contributed by atoms with van der Waals surface area (Å²) >= 11 is 0. The maximum absolute atomic E-state index is 13.9. The SMILES string of the molecule is CC(c1cc(F)ccc1F)N(C)CCC(=O)Nc1ccc(C(N)=O)cc1. The first kappa shape index (κ1) is 19.5. The molecular weight excluding hydrogens is 340 g/mol. The molecule has 0 bridgehead atoms. The fraction of sp³-hybridized carbons (Fsp3) is 0.263. The van der Waals surface area contributed by atoms with Gasteiger partial charge >= 0.3 is 0 Å². The first-order valence-corrected chi connectivity index (χ1v) is 8.13. The van der Waals surface area contributed by atoms with Crippen molar-refractivity contribution in [1.29, 1.82) is 0 Å². The molecule has 2 rings (SSSR count). The summed E-state index contributed by atoms with van der Waals surface area (Å²) in [5.74, 6) is -1.75. The smallest absolute Gasteiger partial charge is 0.248 e. The molecule has 138 valence electrons.